The van der Waals surface area contributed by atoms with Gasteiger partial charge in [0.2, 0.25) is 0 Å². The highest BCUT2D eigenvalue weighted by atomic mass is 32.5. The van der Waals surface area contributed by atoms with Crippen LogP contribution in [0.4, 0.5) is 0 Å². The summed E-state index contributed by atoms with van der Waals surface area (Å²) in [5.41, 5.74) is 0. The first kappa shape index (κ1) is 14.5. The van der Waals surface area contributed by atoms with Crippen LogP contribution in [0.3, 0.4) is 0 Å². The number of hydrogen-bond donors (Lipinski definition) is 2. The van der Waals surface area contributed by atoms with Crippen molar-refractivity contribution in [3.63, 3.8) is 0 Å². The van der Waals surface area contributed by atoms with Crippen molar-refractivity contribution in [2.75, 3.05) is 13.1 Å². The van der Waals surface area contributed by atoms with Crippen LogP contribution in [0.5, 0.6) is 0 Å². The largest absolute Gasteiger partial charge is 0.338 e. The predicted molar refractivity (Wildman–Crippen MR) is 61.2 cm³/mol. The molecule has 0 aromatic heterocycles. The molecule has 0 aromatic rings. The van der Waals surface area contributed by atoms with Crippen molar-refractivity contribution in [3.05, 3.63) is 0 Å². The summed E-state index contributed by atoms with van der Waals surface area (Å²) in [6, 6.07) is 0. The molecule has 0 bridgehead atoms. The molecule has 0 rings (SSSR count). The second kappa shape index (κ2) is 7.74. The van der Waals surface area contributed by atoms with E-state index in [2.05, 4.69) is 25.7 Å². The number of unbranched alkanes of at least 4 members (excludes halogenated alkanes) is 2. The van der Waals surface area contributed by atoms with Crippen molar-refractivity contribution in [3.8, 4) is 0 Å². The van der Waals surface area contributed by atoms with E-state index in [9.17, 15) is 0 Å². The molecule has 14 heavy (non-hydrogen) atoms. The Bertz CT molecular complexity index is 177. The Labute approximate surface area is 91.1 Å². The van der Waals surface area contributed by atoms with E-state index in [0.29, 0.717) is 13.1 Å². The van der Waals surface area contributed by atoms with E-state index < -0.39 is 6.72 Å². The van der Waals surface area contributed by atoms with Gasteiger partial charge in [0.25, 0.3) is 0 Å². The summed E-state index contributed by atoms with van der Waals surface area (Å²) in [5, 5.41) is 1.58. The molecule has 86 valence electrons. The normalized spacial score (nSPS) is 12.4. The van der Waals surface area contributed by atoms with Gasteiger partial charge in [-0.3, -0.25) is 0 Å². The number of nitrogens with zero attached hydrogens (tertiary/aromatic N) is 1. The van der Waals surface area contributed by atoms with Crippen LogP contribution in [-0.4, -0.2) is 27.9 Å². The zero-order chi connectivity index (χ0) is 11.0. The minimum atomic E-state index is -3.54. The number of hydrogen-bond acceptors (Lipinski definition) is 3. The molecule has 2 N–H and O–H groups in total. The first-order valence-electron chi connectivity index (χ1n) is 4.99. The van der Waals surface area contributed by atoms with Crippen LogP contribution in [0.1, 0.15) is 39.5 Å². The lowest BCUT2D eigenvalue weighted by atomic mass is 10.3. The summed E-state index contributed by atoms with van der Waals surface area (Å²) < 4.78 is 4.91. The van der Waals surface area contributed by atoms with E-state index in [4.69, 9.17) is 14.4 Å². The fourth-order valence-electron chi connectivity index (χ4n) is 1.01. The quantitative estimate of drug-likeness (QED) is 0.503. The van der Waals surface area contributed by atoms with Gasteiger partial charge in [-0.15, -0.1) is 0 Å². The van der Waals surface area contributed by atoms with Gasteiger partial charge in [0.1, 0.15) is 0 Å². The Morgan fingerprint density at radius 2 is 1.57 bits per heavy atom. The van der Waals surface area contributed by atoms with Crippen molar-refractivity contribution in [2.24, 2.45) is 0 Å². The van der Waals surface area contributed by atoms with Gasteiger partial charge in [-0.1, -0.05) is 26.7 Å². The topological polar surface area (TPSA) is 52.9 Å². The van der Waals surface area contributed by atoms with E-state index in [1.807, 2.05) is 0 Å². The van der Waals surface area contributed by atoms with Gasteiger partial charge in [0.05, 0.1) is 0 Å². The number of rotatable bonds is 8. The van der Waals surface area contributed by atoms with Gasteiger partial charge in [0, 0.05) is 13.1 Å². The van der Waals surface area contributed by atoms with Crippen molar-refractivity contribution < 1.29 is 14.4 Å². The Morgan fingerprint density at radius 3 is 1.86 bits per heavy atom. The third-order valence-corrected chi connectivity index (χ3v) is 2.39. The van der Waals surface area contributed by atoms with Gasteiger partial charge in [-0.25, -0.2) is 4.62 Å². The summed E-state index contributed by atoms with van der Waals surface area (Å²) in [7, 11) is 0. The SMILES string of the molecule is CCCCN(CCCC)OP(O)(O)=S. The zero-order valence-corrected chi connectivity index (χ0v) is 10.6. The zero-order valence-electron chi connectivity index (χ0n) is 8.85. The third kappa shape index (κ3) is 9.06. The molecule has 0 atom stereocenters. The highest BCUT2D eigenvalue weighted by Crippen LogP contribution is 2.37. The molecule has 0 unspecified atom stereocenters. The molecule has 6 heteroatoms. The predicted octanol–water partition coefficient (Wildman–Crippen LogP) is 2.03. The summed E-state index contributed by atoms with van der Waals surface area (Å²) in [6.45, 7) is 2.02. The molecule has 0 amide bonds. The van der Waals surface area contributed by atoms with Crippen LogP contribution >= 0.6 is 6.72 Å². The van der Waals surface area contributed by atoms with Gasteiger partial charge >= 0.3 is 6.72 Å². The van der Waals surface area contributed by atoms with Crippen LogP contribution in [-0.2, 0) is 16.4 Å². The maximum atomic E-state index is 9.00. The maximum absolute atomic E-state index is 9.00. The Morgan fingerprint density at radius 1 is 1.14 bits per heavy atom. The fraction of sp³-hybridized carbons (Fsp3) is 1.00. The monoisotopic (exact) mass is 241 g/mol. The van der Waals surface area contributed by atoms with Crippen molar-refractivity contribution >= 4 is 18.5 Å². The summed E-state index contributed by atoms with van der Waals surface area (Å²) >= 11 is 4.42. The molecule has 0 saturated carbocycles. The average Bonchev–Trinajstić information content (AvgIpc) is 2.07. The van der Waals surface area contributed by atoms with Crippen LogP contribution < -0.4 is 0 Å². The van der Waals surface area contributed by atoms with E-state index in [1.54, 1.807) is 5.06 Å². The summed E-state index contributed by atoms with van der Waals surface area (Å²) in [6.07, 6.45) is 4.04. The lowest BCUT2D eigenvalue weighted by Gasteiger charge is -2.22. The molecule has 0 aromatic carbocycles. The number of hydroxylamine groups is 2. The molecule has 0 radical (unpaired) electrons. The summed E-state index contributed by atoms with van der Waals surface area (Å²) in [5.74, 6) is 0. The van der Waals surface area contributed by atoms with Crippen molar-refractivity contribution in [1.82, 2.24) is 5.06 Å². The maximum Gasteiger partial charge on any atom is 0.338 e. The molecule has 0 aliphatic rings. The molecule has 4 nitrogen and oxygen atoms in total. The van der Waals surface area contributed by atoms with Crippen LogP contribution in [0, 0.1) is 0 Å². The minimum absolute atomic E-state index is 0.704. The molecular formula is C8H20NO3PS. The first-order chi connectivity index (χ1) is 6.49. The standard InChI is InChI=1S/C8H20NO3PS/c1-3-5-7-9(8-6-4-2)12-13(10,11)14/h3-8H2,1-2H3,(H2,10,11,14). The fourth-order valence-corrected chi connectivity index (χ4v) is 1.76. The highest BCUT2D eigenvalue weighted by Gasteiger charge is 2.14. The molecule has 0 spiro atoms. The second-order valence-electron chi connectivity index (χ2n) is 3.21. The van der Waals surface area contributed by atoms with Gasteiger partial charge in [-0.05, 0) is 24.6 Å². The van der Waals surface area contributed by atoms with Crippen molar-refractivity contribution in [2.45, 2.75) is 39.5 Å². The molecule has 0 aliphatic carbocycles. The van der Waals surface area contributed by atoms with Crippen molar-refractivity contribution in [1.29, 1.82) is 0 Å². The molecule has 0 saturated heterocycles. The molecule has 0 fully saturated rings. The lowest BCUT2D eigenvalue weighted by molar-refractivity contribution is -0.0704. The average molecular weight is 241 g/mol. The van der Waals surface area contributed by atoms with Gasteiger partial charge in [-0.2, -0.15) is 5.06 Å². The molecule has 0 heterocycles. The van der Waals surface area contributed by atoms with E-state index in [-0.39, 0.29) is 0 Å². The highest BCUT2D eigenvalue weighted by molar-refractivity contribution is 8.06. The van der Waals surface area contributed by atoms with E-state index in [1.165, 1.54) is 0 Å². The first-order valence-corrected chi connectivity index (χ1v) is 7.62. The van der Waals surface area contributed by atoms with Crippen LogP contribution in [0.15, 0.2) is 0 Å². The lowest BCUT2D eigenvalue weighted by Crippen LogP contribution is -2.25. The second-order valence-corrected chi connectivity index (χ2v) is 5.78. The Kier molecular flexibility index (Phi) is 8.01. The minimum Gasteiger partial charge on any atom is -0.324 e. The Hall–Kier alpha value is 0.490. The molecule has 0 aliphatic heterocycles. The molecular weight excluding hydrogens is 221 g/mol. The smallest absolute Gasteiger partial charge is 0.324 e. The Balaban J connectivity index is 3.90. The van der Waals surface area contributed by atoms with Crippen LogP contribution in [0.25, 0.3) is 0 Å². The summed E-state index contributed by atoms with van der Waals surface area (Å²) in [4.78, 5) is 18.0. The van der Waals surface area contributed by atoms with Crippen LogP contribution in [0.2, 0.25) is 0 Å². The van der Waals surface area contributed by atoms with Gasteiger partial charge < -0.3 is 9.79 Å². The van der Waals surface area contributed by atoms with E-state index in [0.717, 1.165) is 25.7 Å². The third-order valence-electron chi connectivity index (χ3n) is 1.74. The van der Waals surface area contributed by atoms with Gasteiger partial charge in [0.15, 0.2) is 0 Å². The van der Waals surface area contributed by atoms with E-state index >= 15 is 0 Å².